The molecule has 0 bridgehead atoms. The second kappa shape index (κ2) is 10.2. The molecule has 3 rings (SSSR count). The van der Waals surface area contributed by atoms with Crippen LogP contribution in [0.5, 0.6) is 0 Å². The molecule has 2 amide bonds. The summed E-state index contributed by atoms with van der Waals surface area (Å²) in [5.74, 6) is -0.943. The van der Waals surface area contributed by atoms with Gasteiger partial charge >= 0.3 is 0 Å². The van der Waals surface area contributed by atoms with E-state index in [9.17, 15) is 22.4 Å². The third-order valence-corrected chi connectivity index (χ3v) is 7.13. The summed E-state index contributed by atoms with van der Waals surface area (Å²) in [5, 5.41) is 3.30. The van der Waals surface area contributed by atoms with Crippen molar-refractivity contribution in [3.8, 4) is 0 Å². The zero-order chi connectivity index (χ0) is 22.4. The van der Waals surface area contributed by atoms with Crippen molar-refractivity contribution in [1.82, 2.24) is 14.5 Å². The number of rotatable bonds is 7. The molecule has 1 saturated heterocycles. The first-order valence-corrected chi connectivity index (χ1v) is 11.7. The lowest BCUT2D eigenvalue weighted by Gasteiger charge is -2.34. The van der Waals surface area contributed by atoms with Gasteiger partial charge in [-0.3, -0.25) is 9.59 Å². The summed E-state index contributed by atoms with van der Waals surface area (Å²) in [6.07, 6.45) is 0.720. The fourth-order valence-corrected chi connectivity index (χ4v) is 4.84. The van der Waals surface area contributed by atoms with Gasteiger partial charge in [0.2, 0.25) is 15.9 Å². The molecule has 1 aliphatic heterocycles. The molecule has 2 aromatic rings. The van der Waals surface area contributed by atoms with Gasteiger partial charge in [0, 0.05) is 49.7 Å². The molecule has 0 atom stereocenters. The molecule has 0 radical (unpaired) electrons. The minimum absolute atomic E-state index is 0.0938. The number of sulfonamides is 1. The molecule has 1 heterocycles. The van der Waals surface area contributed by atoms with Crippen LogP contribution in [0.15, 0.2) is 53.4 Å². The van der Waals surface area contributed by atoms with Gasteiger partial charge in [0.1, 0.15) is 5.82 Å². The van der Waals surface area contributed by atoms with Crippen LogP contribution >= 0.6 is 11.6 Å². The maximum atomic E-state index is 13.4. The summed E-state index contributed by atoms with van der Waals surface area (Å²) in [6, 6.07) is 11.4. The molecule has 0 spiro atoms. The highest BCUT2D eigenvalue weighted by Gasteiger charge is 2.30. The first-order valence-electron chi connectivity index (χ1n) is 9.84. The van der Waals surface area contributed by atoms with Crippen LogP contribution in [0.4, 0.5) is 4.39 Å². The number of nitrogens with one attached hydrogen (secondary N) is 1. The van der Waals surface area contributed by atoms with Gasteiger partial charge in [0.25, 0.3) is 5.91 Å². The van der Waals surface area contributed by atoms with Gasteiger partial charge in [-0.15, -0.1) is 0 Å². The summed E-state index contributed by atoms with van der Waals surface area (Å²) in [6.45, 7) is 1.19. The van der Waals surface area contributed by atoms with Gasteiger partial charge in [-0.2, -0.15) is 4.31 Å². The zero-order valence-electron chi connectivity index (χ0n) is 16.8. The minimum atomic E-state index is -3.79. The number of piperazine rings is 1. The third kappa shape index (κ3) is 6.03. The van der Waals surface area contributed by atoms with Crippen LogP contribution in [0, 0.1) is 5.82 Å². The Labute approximate surface area is 185 Å². The van der Waals surface area contributed by atoms with Crippen molar-refractivity contribution in [1.29, 1.82) is 0 Å². The van der Waals surface area contributed by atoms with Crippen molar-refractivity contribution in [3.05, 3.63) is 64.9 Å². The van der Waals surface area contributed by atoms with E-state index in [1.165, 1.54) is 22.5 Å². The largest absolute Gasteiger partial charge is 0.352 e. The van der Waals surface area contributed by atoms with E-state index in [1.54, 1.807) is 29.2 Å². The number of carbonyl (C=O) groups excluding carboxylic acids is 2. The number of hydrogen-bond donors (Lipinski definition) is 1. The van der Waals surface area contributed by atoms with Crippen LogP contribution in [-0.4, -0.2) is 62.2 Å². The molecule has 1 fully saturated rings. The molecule has 10 heteroatoms. The Hall–Kier alpha value is -2.49. The Bertz CT molecular complexity index is 1040. The average Bonchev–Trinajstić information content (AvgIpc) is 2.77. The van der Waals surface area contributed by atoms with Crippen molar-refractivity contribution in [2.45, 2.75) is 17.7 Å². The van der Waals surface area contributed by atoms with E-state index in [0.29, 0.717) is 23.6 Å². The Morgan fingerprint density at radius 3 is 2.35 bits per heavy atom. The van der Waals surface area contributed by atoms with Crippen LogP contribution in [0.3, 0.4) is 0 Å². The van der Waals surface area contributed by atoms with Gasteiger partial charge < -0.3 is 10.2 Å². The Balaban J connectivity index is 1.42. The van der Waals surface area contributed by atoms with Gasteiger partial charge in [-0.05, 0) is 48.9 Å². The molecule has 166 valence electrons. The van der Waals surface area contributed by atoms with Crippen molar-refractivity contribution < 1.29 is 22.4 Å². The zero-order valence-corrected chi connectivity index (χ0v) is 18.3. The Morgan fingerprint density at radius 1 is 1.03 bits per heavy atom. The molecule has 1 aliphatic rings. The molecular formula is C21H23ClFN3O4S. The highest BCUT2D eigenvalue weighted by molar-refractivity contribution is 7.89. The van der Waals surface area contributed by atoms with Crippen molar-refractivity contribution in [2.75, 3.05) is 32.7 Å². The van der Waals surface area contributed by atoms with E-state index >= 15 is 0 Å². The molecule has 1 N–H and O–H groups in total. The van der Waals surface area contributed by atoms with Crippen LogP contribution in [0.25, 0.3) is 0 Å². The van der Waals surface area contributed by atoms with Crippen LogP contribution in [0.1, 0.15) is 23.2 Å². The SMILES string of the molecule is O=C(NCCCC(=O)N1CCN(S(=O)(=O)c2cccc(F)c2)CC1)c1ccc(Cl)cc1. The predicted molar refractivity (Wildman–Crippen MR) is 115 cm³/mol. The molecule has 7 nitrogen and oxygen atoms in total. The quantitative estimate of drug-likeness (QED) is 0.634. The fourth-order valence-electron chi connectivity index (χ4n) is 3.26. The van der Waals surface area contributed by atoms with Gasteiger partial charge in [0.15, 0.2) is 0 Å². The van der Waals surface area contributed by atoms with E-state index in [2.05, 4.69) is 5.32 Å². The Kier molecular flexibility index (Phi) is 7.64. The van der Waals surface area contributed by atoms with Crippen LogP contribution < -0.4 is 5.32 Å². The monoisotopic (exact) mass is 467 g/mol. The van der Waals surface area contributed by atoms with Crippen molar-refractivity contribution >= 4 is 33.4 Å². The summed E-state index contributed by atoms with van der Waals surface area (Å²) in [4.78, 5) is 26.0. The number of halogens is 2. The molecular weight excluding hydrogens is 445 g/mol. The lowest BCUT2D eigenvalue weighted by molar-refractivity contribution is -0.132. The number of nitrogens with zero attached hydrogens (tertiary/aromatic N) is 2. The molecule has 2 aromatic carbocycles. The Morgan fingerprint density at radius 2 is 1.71 bits per heavy atom. The van der Waals surface area contributed by atoms with Gasteiger partial charge in [0.05, 0.1) is 4.90 Å². The number of carbonyl (C=O) groups is 2. The number of hydrogen-bond acceptors (Lipinski definition) is 4. The first-order chi connectivity index (χ1) is 14.8. The number of amides is 2. The van der Waals surface area contributed by atoms with Crippen molar-refractivity contribution in [3.63, 3.8) is 0 Å². The van der Waals surface area contributed by atoms with E-state index in [4.69, 9.17) is 11.6 Å². The van der Waals surface area contributed by atoms with E-state index < -0.39 is 15.8 Å². The topological polar surface area (TPSA) is 86.8 Å². The van der Waals surface area contributed by atoms with Gasteiger partial charge in [-0.1, -0.05) is 17.7 Å². The van der Waals surface area contributed by atoms with E-state index in [0.717, 1.165) is 6.07 Å². The lowest BCUT2D eigenvalue weighted by Crippen LogP contribution is -2.50. The summed E-state index contributed by atoms with van der Waals surface area (Å²) < 4.78 is 39.9. The number of benzene rings is 2. The van der Waals surface area contributed by atoms with Crippen LogP contribution in [0.2, 0.25) is 5.02 Å². The van der Waals surface area contributed by atoms with Crippen LogP contribution in [-0.2, 0) is 14.8 Å². The van der Waals surface area contributed by atoms with E-state index in [1.807, 2.05) is 0 Å². The molecule has 31 heavy (non-hydrogen) atoms. The van der Waals surface area contributed by atoms with Crippen molar-refractivity contribution in [2.24, 2.45) is 0 Å². The maximum absolute atomic E-state index is 13.4. The first kappa shape index (κ1) is 23.2. The normalized spacial score (nSPS) is 15.0. The summed E-state index contributed by atoms with van der Waals surface area (Å²) >= 11 is 5.80. The highest BCUT2D eigenvalue weighted by Crippen LogP contribution is 2.19. The third-order valence-electron chi connectivity index (χ3n) is 4.98. The molecule has 0 aliphatic carbocycles. The summed E-state index contributed by atoms with van der Waals surface area (Å²) in [5.41, 5.74) is 0.492. The smallest absolute Gasteiger partial charge is 0.251 e. The second-order valence-electron chi connectivity index (χ2n) is 7.11. The fraction of sp³-hybridized carbons (Fsp3) is 0.333. The summed E-state index contributed by atoms with van der Waals surface area (Å²) in [7, 11) is -3.79. The van der Waals surface area contributed by atoms with E-state index in [-0.39, 0.29) is 49.3 Å². The highest BCUT2D eigenvalue weighted by atomic mass is 35.5. The standard InChI is InChI=1S/C21H23ClFN3O4S/c22-17-8-6-16(7-9-17)21(28)24-10-2-5-20(27)25-11-13-26(14-12-25)31(29,30)19-4-1-3-18(23)15-19/h1,3-4,6-9,15H,2,5,10-14H2,(H,24,28). The predicted octanol–water partition coefficient (Wildman–Crippen LogP) is 2.52. The maximum Gasteiger partial charge on any atom is 0.251 e. The molecule has 0 unspecified atom stereocenters. The molecule has 0 saturated carbocycles. The molecule has 0 aromatic heterocycles. The second-order valence-corrected chi connectivity index (χ2v) is 9.48. The average molecular weight is 468 g/mol. The minimum Gasteiger partial charge on any atom is -0.352 e. The lowest BCUT2D eigenvalue weighted by atomic mass is 10.2. The van der Waals surface area contributed by atoms with Gasteiger partial charge in [-0.25, -0.2) is 12.8 Å².